The van der Waals surface area contributed by atoms with Crippen LogP contribution < -0.4 is 0 Å². The zero-order chi connectivity index (χ0) is 19.1. The van der Waals surface area contributed by atoms with Gasteiger partial charge in [-0.05, 0) is 58.0 Å². The zero-order valence-electron chi connectivity index (χ0n) is 17.1. The number of hydrogen-bond acceptors (Lipinski definition) is 4. The SMILES string of the molecule is CCOC(=O)N1CCC[C@@H](N2CCC(C(=O)N(C)CC(C)C)CC2)CC1. The van der Waals surface area contributed by atoms with Crippen LogP contribution in [0.1, 0.15) is 52.9 Å². The fourth-order valence-corrected chi connectivity index (χ4v) is 4.30. The molecule has 0 aliphatic carbocycles. The number of hydrogen-bond donors (Lipinski definition) is 0. The molecule has 2 saturated heterocycles. The predicted molar refractivity (Wildman–Crippen MR) is 103 cm³/mol. The van der Waals surface area contributed by atoms with Gasteiger partial charge < -0.3 is 19.4 Å². The maximum absolute atomic E-state index is 12.6. The standard InChI is InChI=1S/C20H37N3O3/c1-5-26-20(25)23-11-6-7-18(10-14-23)22-12-8-17(9-13-22)19(24)21(4)15-16(2)3/h16-18H,5-15H2,1-4H3/t18-/m1/s1. The summed E-state index contributed by atoms with van der Waals surface area (Å²) < 4.78 is 5.14. The molecule has 6 nitrogen and oxygen atoms in total. The van der Waals surface area contributed by atoms with E-state index in [9.17, 15) is 9.59 Å². The summed E-state index contributed by atoms with van der Waals surface area (Å²) in [6.07, 6.45) is 4.90. The molecule has 150 valence electrons. The van der Waals surface area contributed by atoms with Gasteiger partial charge in [-0.3, -0.25) is 4.79 Å². The van der Waals surface area contributed by atoms with Crippen LogP contribution in [0.3, 0.4) is 0 Å². The lowest BCUT2D eigenvalue weighted by Crippen LogP contribution is -2.46. The van der Waals surface area contributed by atoms with Crippen molar-refractivity contribution >= 4 is 12.0 Å². The van der Waals surface area contributed by atoms with E-state index in [0.29, 0.717) is 24.5 Å². The molecule has 0 N–H and O–H groups in total. The van der Waals surface area contributed by atoms with Crippen molar-refractivity contribution in [3.63, 3.8) is 0 Å². The topological polar surface area (TPSA) is 53.1 Å². The molecule has 0 saturated carbocycles. The second kappa shape index (κ2) is 10.1. The van der Waals surface area contributed by atoms with Gasteiger partial charge in [-0.15, -0.1) is 0 Å². The third-order valence-corrected chi connectivity index (χ3v) is 5.63. The van der Waals surface area contributed by atoms with Crippen molar-refractivity contribution < 1.29 is 14.3 Å². The van der Waals surface area contributed by atoms with Crippen molar-refractivity contribution in [1.29, 1.82) is 0 Å². The number of carbonyl (C=O) groups is 2. The lowest BCUT2D eigenvalue weighted by atomic mass is 9.93. The minimum absolute atomic E-state index is 0.175. The van der Waals surface area contributed by atoms with Crippen LogP contribution in [0.15, 0.2) is 0 Å². The average Bonchev–Trinajstić information content (AvgIpc) is 2.87. The van der Waals surface area contributed by atoms with Gasteiger partial charge in [0, 0.05) is 38.6 Å². The fourth-order valence-electron chi connectivity index (χ4n) is 4.30. The summed E-state index contributed by atoms with van der Waals surface area (Å²) in [4.78, 5) is 30.8. The molecule has 2 aliphatic heterocycles. The van der Waals surface area contributed by atoms with Gasteiger partial charge >= 0.3 is 6.09 Å². The van der Waals surface area contributed by atoms with E-state index < -0.39 is 0 Å². The van der Waals surface area contributed by atoms with E-state index in [-0.39, 0.29) is 12.0 Å². The summed E-state index contributed by atoms with van der Waals surface area (Å²) in [7, 11) is 1.93. The first-order valence-corrected chi connectivity index (χ1v) is 10.3. The van der Waals surface area contributed by atoms with Crippen molar-refractivity contribution in [3.8, 4) is 0 Å². The Morgan fingerprint density at radius 3 is 2.38 bits per heavy atom. The van der Waals surface area contributed by atoms with E-state index in [0.717, 1.165) is 64.8 Å². The number of piperidine rings is 1. The third-order valence-electron chi connectivity index (χ3n) is 5.63. The molecule has 6 heteroatoms. The fraction of sp³-hybridized carbons (Fsp3) is 0.900. The minimum Gasteiger partial charge on any atom is -0.450 e. The van der Waals surface area contributed by atoms with E-state index in [1.165, 1.54) is 0 Å². The molecular weight excluding hydrogens is 330 g/mol. The monoisotopic (exact) mass is 367 g/mol. The van der Waals surface area contributed by atoms with Crippen LogP contribution in [0.25, 0.3) is 0 Å². The molecule has 2 amide bonds. The Morgan fingerprint density at radius 1 is 1.08 bits per heavy atom. The summed E-state index contributed by atoms with van der Waals surface area (Å²) in [5.41, 5.74) is 0. The molecule has 0 aromatic carbocycles. The molecule has 0 aromatic rings. The van der Waals surface area contributed by atoms with Crippen LogP contribution in [0, 0.1) is 11.8 Å². The van der Waals surface area contributed by atoms with E-state index >= 15 is 0 Å². The summed E-state index contributed by atoms with van der Waals surface area (Å²) in [5, 5.41) is 0. The number of amides is 2. The Balaban J connectivity index is 1.79. The largest absolute Gasteiger partial charge is 0.450 e. The number of rotatable bonds is 5. The molecule has 0 radical (unpaired) electrons. The maximum Gasteiger partial charge on any atom is 0.409 e. The molecule has 26 heavy (non-hydrogen) atoms. The Kier molecular flexibility index (Phi) is 8.19. The van der Waals surface area contributed by atoms with Crippen LogP contribution in [0.4, 0.5) is 4.79 Å². The number of nitrogens with zero attached hydrogens (tertiary/aromatic N) is 3. The summed E-state index contributed by atoms with van der Waals surface area (Å²) >= 11 is 0. The first-order valence-electron chi connectivity index (χ1n) is 10.3. The molecule has 2 aliphatic rings. The number of carbonyl (C=O) groups excluding carboxylic acids is 2. The Bertz CT molecular complexity index is 461. The average molecular weight is 368 g/mol. The van der Waals surface area contributed by atoms with E-state index in [1.54, 1.807) is 0 Å². The van der Waals surface area contributed by atoms with Crippen LogP contribution in [0.2, 0.25) is 0 Å². The van der Waals surface area contributed by atoms with Gasteiger partial charge in [0.25, 0.3) is 0 Å². The van der Waals surface area contributed by atoms with Gasteiger partial charge in [-0.25, -0.2) is 4.79 Å². The van der Waals surface area contributed by atoms with Gasteiger partial charge in [0.05, 0.1) is 6.61 Å². The lowest BCUT2D eigenvalue weighted by molar-refractivity contribution is -0.136. The summed E-state index contributed by atoms with van der Waals surface area (Å²) in [5.74, 6) is 1.00. The first kappa shape index (κ1) is 21.0. The summed E-state index contributed by atoms with van der Waals surface area (Å²) in [6.45, 7) is 11.0. The van der Waals surface area contributed by atoms with Gasteiger partial charge in [0.15, 0.2) is 0 Å². The molecule has 2 rings (SSSR count). The molecule has 0 unspecified atom stereocenters. The highest BCUT2D eigenvalue weighted by molar-refractivity contribution is 5.78. The molecule has 1 atom stereocenters. The van der Waals surface area contributed by atoms with Gasteiger partial charge in [-0.1, -0.05) is 13.8 Å². The molecule has 0 aromatic heterocycles. The van der Waals surface area contributed by atoms with Crippen molar-refractivity contribution in [2.75, 3.05) is 46.4 Å². The summed E-state index contributed by atoms with van der Waals surface area (Å²) in [6, 6.07) is 0.527. The van der Waals surface area contributed by atoms with Crippen LogP contribution in [0.5, 0.6) is 0 Å². The minimum atomic E-state index is -0.175. The lowest BCUT2D eigenvalue weighted by Gasteiger charge is -2.38. The highest BCUT2D eigenvalue weighted by atomic mass is 16.6. The van der Waals surface area contributed by atoms with E-state index in [4.69, 9.17) is 4.74 Å². The predicted octanol–water partition coefficient (Wildman–Crippen LogP) is 2.82. The molecule has 0 bridgehead atoms. The Labute approximate surface area is 158 Å². The number of ether oxygens (including phenoxy) is 1. The zero-order valence-corrected chi connectivity index (χ0v) is 17.1. The maximum atomic E-state index is 12.6. The second-order valence-electron chi connectivity index (χ2n) is 8.19. The molecular formula is C20H37N3O3. The highest BCUT2D eigenvalue weighted by Crippen LogP contribution is 2.25. The molecule has 2 heterocycles. The Morgan fingerprint density at radius 2 is 1.77 bits per heavy atom. The van der Waals surface area contributed by atoms with E-state index in [2.05, 4.69) is 18.7 Å². The van der Waals surface area contributed by atoms with Gasteiger partial charge in [0.2, 0.25) is 5.91 Å². The van der Waals surface area contributed by atoms with Crippen LogP contribution >= 0.6 is 0 Å². The first-order chi connectivity index (χ1) is 12.4. The normalized spacial score (nSPS) is 23.0. The second-order valence-corrected chi connectivity index (χ2v) is 8.19. The van der Waals surface area contributed by atoms with E-state index in [1.807, 2.05) is 23.8 Å². The third kappa shape index (κ3) is 5.86. The van der Waals surface area contributed by atoms with Crippen molar-refractivity contribution in [1.82, 2.24) is 14.7 Å². The molecule has 0 spiro atoms. The quantitative estimate of drug-likeness (QED) is 0.750. The number of likely N-dealkylation sites (tertiary alicyclic amines) is 2. The molecule has 2 fully saturated rings. The van der Waals surface area contributed by atoms with Gasteiger partial charge in [0.1, 0.15) is 0 Å². The van der Waals surface area contributed by atoms with Crippen molar-refractivity contribution in [2.45, 2.75) is 58.9 Å². The Hall–Kier alpha value is -1.30. The van der Waals surface area contributed by atoms with Crippen LogP contribution in [-0.4, -0.2) is 79.1 Å². The van der Waals surface area contributed by atoms with Crippen LogP contribution in [-0.2, 0) is 9.53 Å². The highest BCUT2D eigenvalue weighted by Gasteiger charge is 2.31. The van der Waals surface area contributed by atoms with Crippen molar-refractivity contribution in [2.24, 2.45) is 11.8 Å². The van der Waals surface area contributed by atoms with Gasteiger partial charge in [-0.2, -0.15) is 0 Å². The van der Waals surface area contributed by atoms with Crippen molar-refractivity contribution in [3.05, 3.63) is 0 Å². The smallest absolute Gasteiger partial charge is 0.409 e.